The molecule has 2 N–H and O–H groups in total. The smallest absolute Gasteiger partial charge is 0.377 e. The zero-order valence-electron chi connectivity index (χ0n) is 25.4. The molecule has 1 saturated carbocycles. The minimum Gasteiger partial charge on any atom is -0.377 e. The molecule has 246 valence electrons. The fraction of sp³-hybridized carbons (Fsp3) is 0.567. The van der Waals surface area contributed by atoms with Crippen LogP contribution in [0, 0.1) is 5.82 Å². The lowest BCUT2D eigenvalue weighted by atomic mass is 9.90. The van der Waals surface area contributed by atoms with Crippen molar-refractivity contribution in [3.05, 3.63) is 46.6 Å². The number of hydrogen-bond donors (Lipinski definition) is 2. The molecule has 0 amide bonds. The monoisotopic (exact) mass is 654 g/mol. The van der Waals surface area contributed by atoms with Crippen LogP contribution in [-0.4, -0.2) is 78.2 Å². The van der Waals surface area contributed by atoms with Crippen LogP contribution in [0.3, 0.4) is 0 Å². The summed E-state index contributed by atoms with van der Waals surface area (Å²) in [7, 11) is -2.30. The highest BCUT2D eigenvalue weighted by molar-refractivity contribution is 7.92. The topological polar surface area (TPSA) is 118 Å². The van der Waals surface area contributed by atoms with Gasteiger partial charge >= 0.3 is 6.18 Å². The highest BCUT2D eigenvalue weighted by Crippen LogP contribution is 2.29. The quantitative estimate of drug-likeness (QED) is 0.267. The van der Waals surface area contributed by atoms with Crippen LogP contribution in [-0.2, 0) is 14.8 Å². The van der Waals surface area contributed by atoms with E-state index in [1.54, 1.807) is 12.3 Å². The molecule has 3 aromatic rings. The molecule has 0 radical (unpaired) electrons. The molecule has 2 fully saturated rings. The number of fused-ring (bicyclic) bond motifs is 1. The molecule has 45 heavy (non-hydrogen) atoms. The van der Waals surface area contributed by atoms with E-state index in [-0.39, 0.29) is 23.2 Å². The van der Waals surface area contributed by atoms with E-state index in [2.05, 4.69) is 27.2 Å². The van der Waals surface area contributed by atoms with Crippen molar-refractivity contribution in [1.82, 2.24) is 19.4 Å². The van der Waals surface area contributed by atoms with Crippen molar-refractivity contribution < 1.29 is 30.7 Å². The Labute approximate surface area is 259 Å². The van der Waals surface area contributed by atoms with E-state index < -0.39 is 45.4 Å². The van der Waals surface area contributed by atoms with Crippen molar-refractivity contribution >= 4 is 32.7 Å². The van der Waals surface area contributed by atoms with E-state index in [1.165, 1.54) is 10.6 Å². The maximum Gasteiger partial charge on any atom is 0.390 e. The Bertz CT molecular complexity index is 1690. The second-order valence-electron chi connectivity index (χ2n) is 12.2. The standard InChI is InChI=1S/C30H38F4N6O4S/c1-18(2)40-27-20(16-35-29(37-27)36-21-5-7-22(8-6-21)39(3)17-23-10-12-44-23)14-24(28(40)41)19-4-9-26(25(31)15-19)38-45(42,43)13-11-30(32,33)34/h4,9,14-16,18,21-23,38H,5-8,10-13,17H2,1-3H3,(H,35,36,37). The Morgan fingerprint density at radius 1 is 1.13 bits per heavy atom. The summed E-state index contributed by atoms with van der Waals surface area (Å²) in [5.74, 6) is -1.86. The molecule has 1 saturated heterocycles. The van der Waals surface area contributed by atoms with Gasteiger partial charge in [-0.1, -0.05) is 6.07 Å². The predicted molar refractivity (Wildman–Crippen MR) is 164 cm³/mol. The third kappa shape index (κ3) is 8.11. The van der Waals surface area contributed by atoms with E-state index in [4.69, 9.17) is 4.74 Å². The van der Waals surface area contributed by atoms with Gasteiger partial charge in [0.15, 0.2) is 0 Å². The summed E-state index contributed by atoms with van der Waals surface area (Å²) in [6.07, 6.45) is 0.814. The minimum atomic E-state index is -4.67. The van der Waals surface area contributed by atoms with Gasteiger partial charge in [0, 0.05) is 48.4 Å². The molecule has 1 aliphatic heterocycles. The lowest BCUT2D eigenvalue weighted by Gasteiger charge is -2.38. The molecular formula is C30H38F4N6O4S. The van der Waals surface area contributed by atoms with Gasteiger partial charge in [-0.25, -0.2) is 17.8 Å². The van der Waals surface area contributed by atoms with Crippen molar-refractivity contribution in [3.63, 3.8) is 0 Å². The van der Waals surface area contributed by atoms with Crippen molar-refractivity contribution in [1.29, 1.82) is 0 Å². The van der Waals surface area contributed by atoms with Crippen LogP contribution in [0.4, 0.5) is 29.2 Å². The summed E-state index contributed by atoms with van der Waals surface area (Å²) in [5.41, 5.74) is -0.225. The second-order valence-corrected chi connectivity index (χ2v) is 14.0. The first-order valence-electron chi connectivity index (χ1n) is 15.1. The number of nitrogens with zero attached hydrogens (tertiary/aromatic N) is 4. The lowest BCUT2D eigenvalue weighted by Crippen LogP contribution is -2.45. The van der Waals surface area contributed by atoms with Gasteiger partial charge in [-0.05, 0) is 76.8 Å². The summed E-state index contributed by atoms with van der Waals surface area (Å²) < 4.78 is 85.4. The normalized spacial score (nSPS) is 20.9. The fourth-order valence-corrected chi connectivity index (χ4v) is 6.95. The Morgan fingerprint density at radius 2 is 1.84 bits per heavy atom. The average Bonchev–Trinajstić information content (AvgIpc) is 2.94. The zero-order chi connectivity index (χ0) is 32.5. The van der Waals surface area contributed by atoms with Crippen LogP contribution in [0.25, 0.3) is 22.2 Å². The molecule has 1 atom stereocenters. The highest BCUT2D eigenvalue weighted by atomic mass is 32.2. The number of sulfonamides is 1. The Balaban J connectivity index is 1.32. The van der Waals surface area contributed by atoms with E-state index in [9.17, 15) is 30.8 Å². The molecule has 1 aromatic carbocycles. The Kier molecular flexibility index (Phi) is 9.70. The molecular weight excluding hydrogens is 616 g/mol. The molecule has 5 rings (SSSR count). The third-order valence-electron chi connectivity index (χ3n) is 8.43. The zero-order valence-corrected chi connectivity index (χ0v) is 26.2. The molecule has 0 bridgehead atoms. The first-order chi connectivity index (χ1) is 21.2. The van der Waals surface area contributed by atoms with E-state index in [0.717, 1.165) is 57.4 Å². The SMILES string of the molecule is CC(C)n1c(=O)c(-c2ccc(NS(=O)(=O)CCC(F)(F)F)c(F)c2)cc2cnc(NC3CCC(N(C)CC4CCO4)CC3)nc21. The van der Waals surface area contributed by atoms with Gasteiger partial charge in [-0.3, -0.25) is 14.1 Å². The van der Waals surface area contributed by atoms with Gasteiger partial charge in [-0.2, -0.15) is 18.2 Å². The number of hydrogen-bond acceptors (Lipinski definition) is 8. The summed E-state index contributed by atoms with van der Waals surface area (Å²) in [5, 5.41) is 3.97. The summed E-state index contributed by atoms with van der Waals surface area (Å²) in [6, 6.07) is 5.32. The van der Waals surface area contributed by atoms with Crippen molar-refractivity contribution in [2.45, 2.75) is 82.8 Å². The minimum absolute atomic E-state index is 0.139. The van der Waals surface area contributed by atoms with Crippen LogP contribution in [0.2, 0.25) is 0 Å². The van der Waals surface area contributed by atoms with E-state index in [1.807, 2.05) is 18.6 Å². The second kappa shape index (κ2) is 13.2. The van der Waals surface area contributed by atoms with Crippen LogP contribution in [0.15, 0.2) is 35.3 Å². The summed E-state index contributed by atoms with van der Waals surface area (Å²) >= 11 is 0. The highest BCUT2D eigenvalue weighted by Gasteiger charge is 2.31. The number of pyridine rings is 1. The average molecular weight is 655 g/mol. The molecule has 3 heterocycles. The first-order valence-corrected chi connectivity index (χ1v) is 16.7. The van der Waals surface area contributed by atoms with Gasteiger partial charge in [0.05, 0.1) is 24.0 Å². The number of nitrogens with one attached hydrogen (secondary N) is 2. The number of likely N-dealkylation sites (N-methyl/N-ethyl adjacent to an activating group) is 1. The number of anilines is 2. The number of alkyl halides is 3. The van der Waals surface area contributed by atoms with Crippen LogP contribution in [0.5, 0.6) is 0 Å². The van der Waals surface area contributed by atoms with Gasteiger partial charge in [0.1, 0.15) is 11.5 Å². The number of rotatable bonds is 11. The predicted octanol–water partition coefficient (Wildman–Crippen LogP) is 5.32. The van der Waals surface area contributed by atoms with Crippen molar-refractivity contribution in [3.8, 4) is 11.1 Å². The van der Waals surface area contributed by atoms with Gasteiger partial charge < -0.3 is 15.0 Å². The van der Waals surface area contributed by atoms with Crippen LogP contribution in [0.1, 0.15) is 58.4 Å². The van der Waals surface area contributed by atoms with E-state index >= 15 is 0 Å². The number of aromatic nitrogens is 3. The van der Waals surface area contributed by atoms with Crippen molar-refractivity contribution in [2.24, 2.45) is 0 Å². The molecule has 1 aliphatic carbocycles. The van der Waals surface area contributed by atoms with Gasteiger partial charge in [-0.15, -0.1) is 0 Å². The van der Waals surface area contributed by atoms with E-state index in [0.29, 0.717) is 29.1 Å². The molecule has 0 spiro atoms. The van der Waals surface area contributed by atoms with Gasteiger partial charge in [0.2, 0.25) is 16.0 Å². The van der Waals surface area contributed by atoms with Crippen LogP contribution >= 0.6 is 0 Å². The number of halogens is 4. The Hall–Kier alpha value is -3.30. The molecule has 2 aliphatic rings. The molecule has 10 nitrogen and oxygen atoms in total. The Morgan fingerprint density at radius 3 is 2.44 bits per heavy atom. The van der Waals surface area contributed by atoms with Crippen molar-refractivity contribution in [2.75, 3.05) is 36.0 Å². The number of benzene rings is 1. The number of ether oxygens (including phenoxy) is 1. The maximum atomic E-state index is 15.0. The molecule has 1 unspecified atom stereocenters. The maximum absolute atomic E-state index is 15.0. The fourth-order valence-electron chi connectivity index (χ4n) is 5.85. The summed E-state index contributed by atoms with van der Waals surface area (Å²) in [6.45, 7) is 5.45. The molecule has 2 aromatic heterocycles. The molecule has 15 heteroatoms. The summed E-state index contributed by atoms with van der Waals surface area (Å²) in [4.78, 5) is 25.2. The van der Waals surface area contributed by atoms with Gasteiger partial charge in [0.25, 0.3) is 5.56 Å². The largest absolute Gasteiger partial charge is 0.390 e. The van der Waals surface area contributed by atoms with Crippen LogP contribution < -0.4 is 15.6 Å². The first kappa shape index (κ1) is 33.1. The lowest BCUT2D eigenvalue weighted by molar-refractivity contribution is -0.129. The third-order valence-corrected chi connectivity index (χ3v) is 9.70.